The maximum atomic E-state index is 13.9. The fraction of sp³-hybridized carbons (Fsp3) is 0.545. The summed E-state index contributed by atoms with van der Waals surface area (Å²) in [5.41, 5.74) is 4.65. The van der Waals surface area contributed by atoms with Gasteiger partial charge in [-0.25, -0.2) is 4.79 Å². The summed E-state index contributed by atoms with van der Waals surface area (Å²) in [7, 11) is 1.24. The number of hydrogen-bond donors (Lipinski definition) is 1. The van der Waals surface area contributed by atoms with Crippen LogP contribution in [-0.4, -0.2) is 43.2 Å². The molecule has 3 saturated carbocycles. The van der Waals surface area contributed by atoms with E-state index in [0.717, 1.165) is 61.7 Å². The van der Waals surface area contributed by atoms with Gasteiger partial charge in [-0.05, 0) is 134 Å². The van der Waals surface area contributed by atoms with E-state index in [4.69, 9.17) is 9.47 Å². The van der Waals surface area contributed by atoms with Crippen LogP contribution < -0.4 is 4.74 Å². The lowest BCUT2D eigenvalue weighted by atomic mass is 9.34. The van der Waals surface area contributed by atoms with Crippen molar-refractivity contribution < 1.29 is 33.7 Å². The van der Waals surface area contributed by atoms with Crippen molar-refractivity contribution in [1.29, 1.82) is 5.26 Å². The van der Waals surface area contributed by atoms with Gasteiger partial charge in [0, 0.05) is 17.4 Å². The molecular weight excluding hydrogens is 654 g/mol. The van der Waals surface area contributed by atoms with Gasteiger partial charge in [0.1, 0.15) is 17.4 Å². The monoisotopic (exact) mass is 707 g/mol. The Morgan fingerprint density at radius 1 is 1.00 bits per heavy atom. The number of allylic oxidation sites excluding steroid dienone is 7. The van der Waals surface area contributed by atoms with Gasteiger partial charge in [-0.2, -0.15) is 5.26 Å². The van der Waals surface area contributed by atoms with E-state index in [9.17, 15) is 24.8 Å². The van der Waals surface area contributed by atoms with Crippen molar-refractivity contribution in [2.45, 2.75) is 99.8 Å². The molecule has 5 aliphatic rings. The number of nitrogens with zero attached hydrogens (tertiary/aromatic N) is 1. The van der Waals surface area contributed by atoms with E-state index in [1.165, 1.54) is 18.8 Å². The second kappa shape index (κ2) is 13.2. The summed E-state index contributed by atoms with van der Waals surface area (Å²) in [6, 6.07) is 7.29. The lowest BCUT2D eigenvalue weighted by molar-refractivity contribution is -0.182. The zero-order valence-corrected chi connectivity index (χ0v) is 32.0. The summed E-state index contributed by atoms with van der Waals surface area (Å²) in [5, 5.41) is 19.7. The lowest BCUT2D eigenvalue weighted by Crippen LogP contribution is -2.62. The molecule has 0 saturated heterocycles. The highest BCUT2D eigenvalue weighted by molar-refractivity contribution is 6.06. The number of aliphatic hydroxyl groups is 1. The normalized spacial score (nSPS) is 33.9. The zero-order valence-electron chi connectivity index (χ0n) is 32.0. The van der Waals surface area contributed by atoms with E-state index in [1.807, 2.05) is 26.0 Å². The molecule has 0 radical (unpaired) electrons. The molecule has 6 atom stereocenters. The molecule has 0 heterocycles. The fourth-order valence-corrected chi connectivity index (χ4v) is 10.6. The Morgan fingerprint density at radius 3 is 2.42 bits per heavy atom. The van der Waals surface area contributed by atoms with Crippen molar-refractivity contribution in [3.63, 3.8) is 0 Å². The summed E-state index contributed by atoms with van der Waals surface area (Å²) >= 11 is 0. The smallest absolute Gasteiger partial charge is 0.348 e. The predicted molar refractivity (Wildman–Crippen MR) is 199 cm³/mol. The Balaban J connectivity index is 1.12. The van der Waals surface area contributed by atoms with Crippen LogP contribution >= 0.6 is 0 Å². The summed E-state index contributed by atoms with van der Waals surface area (Å²) in [4.78, 5) is 38.5. The minimum absolute atomic E-state index is 0.0442. The van der Waals surface area contributed by atoms with E-state index in [1.54, 1.807) is 18.2 Å². The molecule has 0 aromatic heterocycles. The minimum atomic E-state index is -0.680. The number of hydrogen-bond acceptors (Lipinski definition) is 8. The van der Waals surface area contributed by atoms with Crippen LogP contribution in [0.4, 0.5) is 0 Å². The van der Waals surface area contributed by atoms with E-state index >= 15 is 0 Å². The van der Waals surface area contributed by atoms with Crippen molar-refractivity contribution in [3.8, 4) is 11.8 Å². The molecule has 1 aromatic carbocycles. The molecule has 276 valence electrons. The lowest BCUT2D eigenvalue weighted by Gasteiger charge is -2.70. The summed E-state index contributed by atoms with van der Waals surface area (Å²) in [5.74, 6) is -0.251. The summed E-state index contributed by atoms with van der Waals surface area (Å²) < 4.78 is 16.6. The number of aryl methyl sites for hydroxylation is 1. The first-order chi connectivity index (χ1) is 24.5. The number of rotatable bonds is 8. The van der Waals surface area contributed by atoms with Crippen LogP contribution in [0.15, 0.2) is 70.1 Å². The number of methoxy groups -OCH3 is 1. The summed E-state index contributed by atoms with van der Waals surface area (Å²) in [6.45, 7) is 16.1. The van der Waals surface area contributed by atoms with Gasteiger partial charge in [0.2, 0.25) is 5.78 Å². The standard InChI is InChI=1S/C44H53NO7/c1-27-22-29(23-30(26-45)38(48)50-8)10-12-34(27)51-20-9-21-52-39(49)41(4)15-14-40(3)16-18-43(6)35-13-11-31-28(2)37(47)33(46)24-32(31)42(35,5)17-19-44(43,7)36(40)25-41/h10-13,22-24,36,47H,9,14-21,25H2,1-8H3/b30-23+/t36-,40-,41-,42+,43-,44+/m1/s1. The third-order valence-electron chi connectivity index (χ3n) is 14.2. The fourth-order valence-electron chi connectivity index (χ4n) is 10.6. The number of ether oxygens (including phenoxy) is 3. The van der Waals surface area contributed by atoms with Crippen LogP contribution in [0.2, 0.25) is 0 Å². The number of carbonyl (C=O) groups is 3. The van der Waals surface area contributed by atoms with Crippen LogP contribution in [0, 0.1) is 51.2 Å². The number of aliphatic hydroxyl groups excluding tert-OH is 1. The third-order valence-corrected chi connectivity index (χ3v) is 14.2. The first-order valence-corrected chi connectivity index (χ1v) is 18.7. The number of nitriles is 1. The van der Waals surface area contributed by atoms with Crippen LogP contribution in [0.25, 0.3) is 6.08 Å². The first kappa shape index (κ1) is 37.4. The Bertz CT molecular complexity index is 1920. The molecule has 6 rings (SSSR count). The molecule has 0 spiro atoms. The molecule has 0 bridgehead atoms. The van der Waals surface area contributed by atoms with Crippen molar-refractivity contribution in [1.82, 2.24) is 0 Å². The van der Waals surface area contributed by atoms with E-state index in [-0.39, 0.29) is 51.4 Å². The molecule has 3 fully saturated rings. The number of benzene rings is 1. The van der Waals surface area contributed by atoms with Gasteiger partial charge in [-0.15, -0.1) is 0 Å². The van der Waals surface area contributed by atoms with Gasteiger partial charge >= 0.3 is 11.9 Å². The van der Waals surface area contributed by atoms with Crippen molar-refractivity contribution in [2.24, 2.45) is 33.0 Å². The molecule has 0 amide bonds. The zero-order chi connectivity index (χ0) is 37.9. The SMILES string of the molecule is COC(=O)/C(C#N)=C/c1ccc(OCCCOC(=O)[C@]2(C)CC[C@]3(C)CC[C@]4(C)C5=CC=C6C(=CC(=O)C(O)=C6C)[C@]5(C)CC[C@@]4(C)[C@@H]3C2)c(C)c1. The number of carbonyl (C=O) groups excluding carboxylic acids is 3. The molecule has 52 heavy (non-hydrogen) atoms. The van der Waals surface area contributed by atoms with Crippen molar-refractivity contribution in [2.75, 3.05) is 20.3 Å². The van der Waals surface area contributed by atoms with E-state index in [2.05, 4.69) is 51.5 Å². The highest BCUT2D eigenvalue weighted by Gasteiger charge is 2.67. The van der Waals surface area contributed by atoms with Gasteiger partial charge in [0.05, 0.1) is 25.7 Å². The van der Waals surface area contributed by atoms with E-state index in [0.29, 0.717) is 35.8 Å². The van der Waals surface area contributed by atoms with Crippen LogP contribution in [0.1, 0.15) is 104 Å². The third kappa shape index (κ3) is 5.85. The van der Waals surface area contributed by atoms with Gasteiger partial charge in [0.15, 0.2) is 5.76 Å². The molecule has 0 unspecified atom stereocenters. The average Bonchev–Trinajstić information content (AvgIpc) is 3.12. The molecular formula is C44H53NO7. The number of esters is 2. The quantitative estimate of drug-likeness (QED) is 0.123. The molecule has 5 aliphatic carbocycles. The highest BCUT2D eigenvalue weighted by Crippen LogP contribution is 2.75. The average molecular weight is 708 g/mol. The minimum Gasteiger partial charge on any atom is -0.504 e. The number of ketones is 1. The van der Waals surface area contributed by atoms with E-state index < -0.39 is 11.4 Å². The Labute approximate surface area is 308 Å². The maximum Gasteiger partial charge on any atom is 0.348 e. The van der Waals surface area contributed by atoms with Gasteiger partial charge in [0.25, 0.3) is 0 Å². The molecule has 8 heteroatoms. The predicted octanol–water partition coefficient (Wildman–Crippen LogP) is 9.01. The molecule has 1 aromatic rings. The molecule has 8 nitrogen and oxygen atoms in total. The topological polar surface area (TPSA) is 123 Å². The van der Waals surface area contributed by atoms with Crippen LogP contribution in [-0.2, 0) is 23.9 Å². The second-order valence-corrected chi connectivity index (χ2v) is 17.1. The second-order valence-electron chi connectivity index (χ2n) is 17.1. The van der Waals surface area contributed by atoms with Gasteiger partial charge in [-0.3, -0.25) is 9.59 Å². The van der Waals surface area contributed by atoms with Crippen molar-refractivity contribution >= 4 is 23.8 Å². The molecule has 1 N–H and O–H groups in total. The largest absolute Gasteiger partial charge is 0.504 e. The van der Waals surface area contributed by atoms with Crippen LogP contribution in [0.5, 0.6) is 5.75 Å². The first-order valence-electron chi connectivity index (χ1n) is 18.7. The Hall–Kier alpha value is -4.38. The molecule has 0 aliphatic heterocycles. The van der Waals surface area contributed by atoms with Crippen molar-refractivity contribution in [3.05, 3.63) is 81.2 Å². The Morgan fingerprint density at radius 2 is 1.73 bits per heavy atom. The summed E-state index contributed by atoms with van der Waals surface area (Å²) in [6.07, 6.45) is 14.8. The number of fused-ring (bicyclic) bond motifs is 7. The highest BCUT2D eigenvalue weighted by atomic mass is 16.5. The maximum absolute atomic E-state index is 13.9. The van der Waals surface area contributed by atoms with Crippen LogP contribution in [0.3, 0.4) is 0 Å². The Kier molecular flexibility index (Phi) is 9.51. The van der Waals surface area contributed by atoms with Gasteiger partial charge in [-0.1, -0.05) is 51.5 Å². The van der Waals surface area contributed by atoms with Gasteiger partial charge < -0.3 is 19.3 Å².